The zero-order valence-electron chi connectivity index (χ0n) is 10.7. The van der Waals surface area contributed by atoms with Crippen molar-refractivity contribution in [2.75, 3.05) is 0 Å². The summed E-state index contributed by atoms with van der Waals surface area (Å²) in [5.74, 6) is 0.659. The molecule has 0 aliphatic rings. The van der Waals surface area contributed by atoms with E-state index in [9.17, 15) is 0 Å². The number of halogens is 1. The average Bonchev–Trinajstić information content (AvgIpc) is 2.46. The van der Waals surface area contributed by atoms with Gasteiger partial charge in [-0.25, -0.2) is 0 Å². The topological polar surface area (TPSA) is 55.5 Å². The molecule has 2 aromatic carbocycles. The quantitative estimate of drug-likeness (QED) is 0.812. The minimum absolute atomic E-state index is 0.0411. The molecule has 104 valence electrons. The maximum atomic E-state index is 9.00. The molecule has 5 heteroatoms. The molecular formula is C15H14BrNO2S. The Morgan fingerprint density at radius 3 is 2.40 bits per heavy atom. The molecule has 0 saturated carbocycles. The van der Waals surface area contributed by atoms with E-state index in [-0.39, 0.29) is 6.61 Å². The van der Waals surface area contributed by atoms with Crippen LogP contribution < -0.4 is 10.5 Å². The molecule has 3 N–H and O–H groups in total. The van der Waals surface area contributed by atoms with Crippen LogP contribution in [0.25, 0.3) is 0 Å². The van der Waals surface area contributed by atoms with Crippen molar-refractivity contribution < 1.29 is 9.84 Å². The highest BCUT2D eigenvalue weighted by Crippen LogP contribution is 2.24. The summed E-state index contributed by atoms with van der Waals surface area (Å²) >= 11 is 8.40. The van der Waals surface area contributed by atoms with Crippen molar-refractivity contribution >= 4 is 33.1 Å². The Labute approximate surface area is 131 Å². The lowest BCUT2D eigenvalue weighted by Crippen LogP contribution is -2.11. The molecule has 3 nitrogen and oxygen atoms in total. The molecular weight excluding hydrogens is 338 g/mol. The predicted molar refractivity (Wildman–Crippen MR) is 86.7 cm³/mol. The molecule has 2 rings (SSSR count). The standard InChI is InChI=1S/C15H14BrNO2S/c16-12-5-6-14(13(7-12)15(17)20)19-9-11-3-1-10(8-18)2-4-11/h1-7,18H,8-9H2,(H2,17,20). The van der Waals surface area contributed by atoms with E-state index >= 15 is 0 Å². The Bertz CT molecular complexity index is 614. The number of rotatable bonds is 5. The molecule has 0 spiro atoms. The molecule has 0 bridgehead atoms. The summed E-state index contributed by atoms with van der Waals surface area (Å²) in [6.07, 6.45) is 0. The Balaban J connectivity index is 2.12. The number of hydrogen-bond donors (Lipinski definition) is 2. The van der Waals surface area contributed by atoms with Gasteiger partial charge in [-0.05, 0) is 29.3 Å². The Morgan fingerprint density at radius 1 is 1.15 bits per heavy atom. The molecule has 0 amide bonds. The molecule has 20 heavy (non-hydrogen) atoms. The zero-order valence-corrected chi connectivity index (χ0v) is 13.1. The van der Waals surface area contributed by atoms with Gasteiger partial charge in [0.2, 0.25) is 0 Å². The van der Waals surface area contributed by atoms with Gasteiger partial charge in [0.25, 0.3) is 0 Å². The number of ether oxygens (including phenoxy) is 1. The summed E-state index contributed by atoms with van der Waals surface area (Å²) in [7, 11) is 0. The van der Waals surface area contributed by atoms with Crippen molar-refractivity contribution in [3.05, 3.63) is 63.6 Å². The van der Waals surface area contributed by atoms with Gasteiger partial charge < -0.3 is 15.6 Å². The lowest BCUT2D eigenvalue weighted by molar-refractivity contribution is 0.281. The van der Waals surface area contributed by atoms with Crippen LogP contribution in [0.1, 0.15) is 16.7 Å². The fourth-order valence-electron chi connectivity index (χ4n) is 1.72. The number of benzene rings is 2. The third-order valence-corrected chi connectivity index (χ3v) is 3.52. The van der Waals surface area contributed by atoms with Crippen molar-refractivity contribution in [2.24, 2.45) is 5.73 Å². The first kappa shape index (κ1) is 15.0. The van der Waals surface area contributed by atoms with E-state index in [0.717, 1.165) is 15.6 Å². The number of thiocarbonyl (C=S) groups is 1. The fourth-order valence-corrected chi connectivity index (χ4v) is 2.24. The summed E-state index contributed by atoms with van der Waals surface area (Å²) in [6, 6.07) is 13.1. The van der Waals surface area contributed by atoms with Gasteiger partial charge in [-0.1, -0.05) is 52.4 Å². The fraction of sp³-hybridized carbons (Fsp3) is 0.133. The summed E-state index contributed by atoms with van der Waals surface area (Å²) in [5, 5.41) is 9.00. The molecule has 0 atom stereocenters. The molecule has 0 heterocycles. The van der Waals surface area contributed by atoms with Crippen molar-refractivity contribution in [1.29, 1.82) is 0 Å². The third-order valence-electron chi connectivity index (χ3n) is 2.81. The first-order chi connectivity index (χ1) is 9.60. The van der Waals surface area contributed by atoms with Crippen LogP contribution in [0.4, 0.5) is 0 Å². The predicted octanol–water partition coefficient (Wildman–Crippen LogP) is 3.15. The molecule has 0 radical (unpaired) electrons. The lowest BCUT2D eigenvalue weighted by atomic mass is 10.1. The van der Waals surface area contributed by atoms with Gasteiger partial charge in [0.15, 0.2) is 0 Å². The number of aliphatic hydroxyl groups excluding tert-OH is 1. The van der Waals surface area contributed by atoms with Crippen LogP contribution >= 0.6 is 28.1 Å². The Morgan fingerprint density at radius 2 is 1.80 bits per heavy atom. The maximum absolute atomic E-state index is 9.00. The summed E-state index contributed by atoms with van der Waals surface area (Å²) in [5.41, 5.74) is 8.29. The SMILES string of the molecule is NC(=S)c1cc(Br)ccc1OCc1ccc(CO)cc1. The molecule has 0 fully saturated rings. The smallest absolute Gasteiger partial charge is 0.130 e. The van der Waals surface area contributed by atoms with Gasteiger partial charge >= 0.3 is 0 Å². The van der Waals surface area contributed by atoms with Crippen LogP contribution in [-0.2, 0) is 13.2 Å². The normalized spacial score (nSPS) is 10.3. The van der Waals surface area contributed by atoms with Gasteiger partial charge in [0.05, 0.1) is 12.2 Å². The number of hydrogen-bond acceptors (Lipinski definition) is 3. The molecule has 0 aromatic heterocycles. The lowest BCUT2D eigenvalue weighted by Gasteiger charge is -2.11. The van der Waals surface area contributed by atoms with Gasteiger partial charge in [-0.2, -0.15) is 0 Å². The van der Waals surface area contributed by atoms with Crippen molar-refractivity contribution in [1.82, 2.24) is 0 Å². The van der Waals surface area contributed by atoms with Crippen molar-refractivity contribution in [3.8, 4) is 5.75 Å². The second-order valence-electron chi connectivity index (χ2n) is 4.27. The van der Waals surface area contributed by atoms with Gasteiger partial charge in [0, 0.05) is 4.47 Å². The Kier molecular flexibility index (Phi) is 5.11. The van der Waals surface area contributed by atoms with E-state index in [2.05, 4.69) is 15.9 Å². The zero-order chi connectivity index (χ0) is 14.5. The van der Waals surface area contributed by atoms with E-state index in [0.29, 0.717) is 22.9 Å². The third kappa shape index (κ3) is 3.79. The summed E-state index contributed by atoms with van der Waals surface area (Å²) < 4.78 is 6.66. The van der Waals surface area contributed by atoms with Crippen LogP contribution in [-0.4, -0.2) is 10.1 Å². The highest BCUT2D eigenvalue weighted by Gasteiger charge is 2.07. The van der Waals surface area contributed by atoms with Gasteiger partial charge in [-0.3, -0.25) is 0 Å². The highest BCUT2D eigenvalue weighted by molar-refractivity contribution is 9.10. The summed E-state index contributed by atoms with van der Waals surface area (Å²) in [6.45, 7) is 0.461. The van der Waals surface area contributed by atoms with Crippen molar-refractivity contribution in [3.63, 3.8) is 0 Å². The highest BCUT2D eigenvalue weighted by atomic mass is 79.9. The first-order valence-electron chi connectivity index (χ1n) is 6.01. The van der Waals surface area contributed by atoms with Crippen molar-refractivity contribution in [2.45, 2.75) is 13.2 Å². The van der Waals surface area contributed by atoms with Crippen LogP contribution in [0.3, 0.4) is 0 Å². The second kappa shape index (κ2) is 6.83. The summed E-state index contributed by atoms with van der Waals surface area (Å²) in [4.78, 5) is 0.303. The molecule has 0 aliphatic heterocycles. The monoisotopic (exact) mass is 351 g/mol. The first-order valence-corrected chi connectivity index (χ1v) is 7.21. The molecule has 0 saturated heterocycles. The maximum Gasteiger partial charge on any atom is 0.130 e. The van der Waals surface area contributed by atoms with Crippen LogP contribution in [0.5, 0.6) is 5.75 Å². The Hall–Kier alpha value is -1.43. The van der Waals surface area contributed by atoms with E-state index in [4.69, 9.17) is 27.8 Å². The molecule has 0 unspecified atom stereocenters. The van der Waals surface area contributed by atoms with E-state index in [1.54, 1.807) is 0 Å². The van der Waals surface area contributed by atoms with Crippen LogP contribution in [0.2, 0.25) is 0 Å². The minimum atomic E-state index is 0.0411. The van der Waals surface area contributed by atoms with Crippen LogP contribution in [0, 0.1) is 0 Å². The van der Waals surface area contributed by atoms with Gasteiger partial charge in [-0.15, -0.1) is 0 Å². The number of aliphatic hydroxyl groups is 1. The van der Waals surface area contributed by atoms with E-state index in [1.165, 1.54) is 0 Å². The van der Waals surface area contributed by atoms with E-state index in [1.807, 2.05) is 42.5 Å². The second-order valence-corrected chi connectivity index (χ2v) is 5.62. The molecule has 0 aliphatic carbocycles. The van der Waals surface area contributed by atoms with Gasteiger partial charge in [0.1, 0.15) is 17.3 Å². The minimum Gasteiger partial charge on any atom is -0.488 e. The van der Waals surface area contributed by atoms with Crippen LogP contribution in [0.15, 0.2) is 46.9 Å². The van der Waals surface area contributed by atoms with E-state index < -0.39 is 0 Å². The number of nitrogens with two attached hydrogens (primary N) is 1. The largest absolute Gasteiger partial charge is 0.488 e. The average molecular weight is 352 g/mol. The molecule has 2 aromatic rings.